The number of hydrogen-bond acceptors (Lipinski definition) is 2. The largest absolute Gasteiger partial charge is 0.497 e. The Morgan fingerprint density at radius 2 is 2.33 bits per heavy atom. The quantitative estimate of drug-likeness (QED) is 0.454. The highest BCUT2D eigenvalue weighted by molar-refractivity contribution is 5.15. The maximum absolute atomic E-state index is 5.10. The summed E-state index contributed by atoms with van der Waals surface area (Å²) in [5.74, 6) is 0.701. The lowest BCUT2D eigenvalue weighted by atomic mass is 10.4. The minimum atomic E-state index is 0.701. The molecule has 0 bridgehead atoms. The number of rotatable bonds is 3. The Bertz CT molecular complexity index is 136. The third kappa shape index (κ3) is 3.41. The Morgan fingerprint density at radius 3 is 2.67 bits per heavy atom. The van der Waals surface area contributed by atoms with E-state index in [2.05, 4.69) is 6.58 Å². The van der Waals surface area contributed by atoms with Gasteiger partial charge >= 0.3 is 0 Å². The number of hydrogen-bond donors (Lipinski definition) is 1. The second-order valence-corrected chi connectivity index (χ2v) is 1.37. The van der Waals surface area contributed by atoms with Gasteiger partial charge in [0.05, 0.1) is 7.11 Å². The van der Waals surface area contributed by atoms with Crippen LogP contribution in [0.3, 0.4) is 0 Å². The molecule has 0 heterocycles. The molecule has 9 heavy (non-hydrogen) atoms. The molecule has 50 valence electrons. The zero-order valence-electron chi connectivity index (χ0n) is 5.50. The van der Waals surface area contributed by atoms with Gasteiger partial charge in [0.2, 0.25) is 0 Å². The molecule has 2 nitrogen and oxygen atoms in total. The molecular formula is C7H11NO. The van der Waals surface area contributed by atoms with Crippen molar-refractivity contribution in [3.05, 3.63) is 36.8 Å². The van der Waals surface area contributed by atoms with Crippen LogP contribution in [-0.4, -0.2) is 7.11 Å². The SMILES string of the molecule is C=C/C=C(\C=C/N)OC. The lowest BCUT2D eigenvalue weighted by Crippen LogP contribution is -1.83. The van der Waals surface area contributed by atoms with Gasteiger partial charge in [0, 0.05) is 0 Å². The summed E-state index contributed by atoms with van der Waals surface area (Å²) in [6.07, 6.45) is 6.43. The van der Waals surface area contributed by atoms with Crippen LogP contribution in [0.25, 0.3) is 0 Å². The van der Waals surface area contributed by atoms with Gasteiger partial charge in [-0.15, -0.1) is 0 Å². The Balaban J connectivity index is 3.96. The van der Waals surface area contributed by atoms with Gasteiger partial charge in [0.1, 0.15) is 5.76 Å². The van der Waals surface area contributed by atoms with Crippen molar-refractivity contribution in [1.82, 2.24) is 0 Å². The molecule has 0 rings (SSSR count). The van der Waals surface area contributed by atoms with E-state index in [1.54, 1.807) is 25.3 Å². The summed E-state index contributed by atoms with van der Waals surface area (Å²) in [4.78, 5) is 0. The molecule has 0 saturated carbocycles. The Labute approximate surface area is 55.3 Å². The van der Waals surface area contributed by atoms with Gasteiger partial charge in [0.15, 0.2) is 0 Å². The third-order valence-corrected chi connectivity index (χ3v) is 0.778. The summed E-state index contributed by atoms with van der Waals surface area (Å²) in [7, 11) is 1.58. The molecule has 0 aromatic heterocycles. The fourth-order valence-electron chi connectivity index (χ4n) is 0.403. The minimum Gasteiger partial charge on any atom is -0.497 e. The standard InChI is InChI=1S/C7H11NO/c1-3-4-7(9-2)5-6-8/h3-6H,1,8H2,2H3/b6-5-,7-4+. The summed E-state index contributed by atoms with van der Waals surface area (Å²) < 4.78 is 4.85. The van der Waals surface area contributed by atoms with Gasteiger partial charge in [0.25, 0.3) is 0 Å². The molecule has 0 aliphatic carbocycles. The fraction of sp³-hybridized carbons (Fsp3) is 0.143. The molecule has 2 N–H and O–H groups in total. The van der Waals surface area contributed by atoms with Gasteiger partial charge in [-0.3, -0.25) is 0 Å². The molecule has 0 unspecified atom stereocenters. The third-order valence-electron chi connectivity index (χ3n) is 0.778. The second-order valence-electron chi connectivity index (χ2n) is 1.37. The van der Waals surface area contributed by atoms with E-state index in [-0.39, 0.29) is 0 Å². The van der Waals surface area contributed by atoms with E-state index < -0.39 is 0 Å². The van der Waals surface area contributed by atoms with Gasteiger partial charge in [-0.1, -0.05) is 12.7 Å². The van der Waals surface area contributed by atoms with E-state index in [1.165, 1.54) is 6.20 Å². The first kappa shape index (κ1) is 7.82. The number of nitrogens with two attached hydrogens (primary N) is 1. The molecule has 0 atom stereocenters. The number of allylic oxidation sites excluding steroid dienone is 3. The van der Waals surface area contributed by atoms with Crippen LogP contribution in [0.4, 0.5) is 0 Å². The molecule has 0 fully saturated rings. The Morgan fingerprint density at radius 1 is 1.67 bits per heavy atom. The van der Waals surface area contributed by atoms with Crippen molar-refractivity contribution in [2.24, 2.45) is 5.73 Å². The van der Waals surface area contributed by atoms with Crippen molar-refractivity contribution in [2.75, 3.05) is 7.11 Å². The van der Waals surface area contributed by atoms with Gasteiger partial charge in [-0.2, -0.15) is 0 Å². The van der Waals surface area contributed by atoms with Crippen molar-refractivity contribution in [2.45, 2.75) is 0 Å². The van der Waals surface area contributed by atoms with E-state index in [0.717, 1.165) is 0 Å². The fourth-order valence-corrected chi connectivity index (χ4v) is 0.403. The normalized spacial score (nSPS) is 11.9. The zero-order valence-corrected chi connectivity index (χ0v) is 5.50. The van der Waals surface area contributed by atoms with Crippen LogP contribution in [0.15, 0.2) is 36.8 Å². The van der Waals surface area contributed by atoms with Crippen LogP contribution in [0.5, 0.6) is 0 Å². The molecule has 2 heteroatoms. The van der Waals surface area contributed by atoms with Gasteiger partial charge < -0.3 is 10.5 Å². The highest BCUT2D eigenvalue weighted by Crippen LogP contribution is 1.95. The molecule has 0 aromatic rings. The Hall–Kier alpha value is -1.18. The molecule has 0 aromatic carbocycles. The van der Waals surface area contributed by atoms with Crippen LogP contribution >= 0.6 is 0 Å². The van der Waals surface area contributed by atoms with Crippen molar-refractivity contribution in [3.8, 4) is 0 Å². The first-order valence-corrected chi connectivity index (χ1v) is 2.60. The molecular weight excluding hydrogens is 114 g/mol. The van der Waals surface area contributed by atoms with E-state index in [0.29, 0.717) is 5.76 Å². The summed E-state index contributed by atoms with van der Waals surface area (Å²) in [5.41, 5.74) is 5.10. The van der Waals surface area contributed by atoms with Crippen molar-refractivity contribution < 1.29 is 4.74 Å². The average Bonchev–Trinajstić information content (AvgIpc) is 1.88. The summed E-state index contributed by atoms with van der Waals surface area (Å²) >= 11 is 0. The summed E-state index contributed by atoms with van der Waals surface area (Å²) in [6, 6.07) is 0. The van der Waals surface area contributed by atoms with Crippen LogP contribution in [0.2, 0.25) is 0 Å². The molecule has 0 aliphatic rings. The van der Waals surface area contributed by atoms with Crippen molar-refractivity contribution >= 4 is 0 Å². The molecule has 0 radical (unpaired) electrons. The van der Waals surface area contributed by atoms with Crippen molar-refractivity contribution in [3.63, 3.8) is 0 Å². The van der Waals surface area contributed by atoms with Crippen LogP contribution < -0.4 is 5.73 Å². The summed E-state index contributed by atoms with van der Waals surface area (Å²) in [6.45, 7) is 3.50. The van der Waals surface area contributed by atoms with Crippen LogP contribution in [0.1, 0.15) is 0 Å². The highest BCUT2D eigenvalue weighted by atomic mass is 16.5. The predicted octanol–water partition coefficient (Wildman–Crippen LogP) is 1.18. The van der Waals surface area contributed by atoms with Gasteiger partial charge in [-0.25, -0.2) is 0 Å². The molecule has 0 spiro atoms. The predicted molar refractivity (Wildman–Crippen MR) is 38.6 cm³/mol. The first-order chi connectivity index (χ1) is 4.35. The maximum atomic E-state index is 5.10. The number of methoxy groups -OCH3 is 1. The zero-order chi connectivity index (χ0) is 7.11. The molecule has 0 saturated heterocycles. The Kier molecular flexibility index (Phi) is 4.32. The molecule has 0 amide bonds. The second kappa shape index (κ2) is 4.97. The van der Waals surface area contributed by atoms with Crippen molar-refractivity contribution in [1.29, 1.82) is 0 Å². The number of ether oxygens (including phenoxy) is 1. The summed E-state index contributed by atoms with van der Waals surface area (Å²) in [5, 5.41) is 0. The van der Waals surface area contributed by atoms with Crippen LogP contribution in [-0.2, 0) is 4.74 Å². The highest BCUT2D eigenvalue weighted by Gasteiger charge is 1.81. The van der Waals surface area contributed by atoms with Gasteiger partial charge in [-0.05, 0) is 18.4 Å². The monoisotopic (exact) mass is 125 g/mol. The van der Waals surface area contributed by atoms with E-state index >= 15 is 0 Å². The van der Waals surface area contributed by atoms with E-state index in [9.17, 15) is 0 Å². The lowest BCUT2D eigenvalue weighted by molar-refractivity contribution is 0.307. The maximum Gasteiger partial charge on any atom is 0.120 e. The lowest BCUT2D eigenvalue weighted by Gasteiger charge is -1.95. The van der Waals surface area contributed by atoms with Crippen LogP contribution in [0, 0.1) is 0 Å². The topological polar surface area (TPSA) is 35.2 Å². The van der Waals surface area contributed by atoms with E-state index in [4.69, 9.17) is 10.5 Å². The minimum absolute atomic E-state index is 0.701. The average molecular weight is 125 g/mol. The molecule has 0 aliphatic heterocycles. The smallest absolute Gasteiger partial charge is 0.120 e. The van der Waals surface area contributed by atoms with E-state index in [1.807, 2.05) is 0 Å². The first-order valence-electron chi connectivity index (χ1n) is 2.60.